The lowest BCUT2D eigenvalue weighted by atomic mass is 10.1. The van der Waals surface area contributed by atoms with E-state index >= 15 is 0 Å². The summed E-state index contributed by atoms with van der Waals surface area (Å²) in [5.41, 5.74) is 9.08. The smallest absolute Gasteiger partial charge is 0.145 e. The Kier molecular flexibility index (Phi) is 1.83. The van der Waals surface area contributed by atoms with Crippen LogP contribution in [0.15, 0.2) is 36.7 Å². The zero-order valence-corrected chi connectivity index (χ0v) is 8.38. The number of anilines is 1. The summed E-state index contributed by atoms with van der Waals surface area (Å²) in [4.78, 5) is 8.56. The number of hydrogen-bond donors (Lipinski definition) is 2. The number of para-hydroxylation sites is 1. The van der Waals surface area contributed by atoms with Gasteiger partial charge >= 0.3 is 0 Å². The second-order valence-corrected chi connectivity index (χ2v) is 3.44. The summed E-state index contributed by atoms with van der Waals surface area (Å²) >= 11 is 0. The fourth-order valence-corrected chi connectivity index (χ4v) is 1.69. The summed E-state index contributed by atoms with van der Waals surface area (Å²) in [5, 5.41) is 6.78. The standard InChI is InChI=1S/C11H9N5/c12-10-6-9(15-16-10)7-2-1-3-8-11(7)14-5-4-13-8/h1-6H,(H3,12,15,16). The fraction of sp³-hybridized carbons (Fsp3) is 0. The van der Waals surface area contributed by atoms with E-state index < -0.39 is 0 Å². The number of benzene rings is 1. The van der Waals surface area contributed by atoms with Crippen LogP contribution in [-0.2, 0) is 0 Å². The number of fused-ring (bicyclic) bond motifs is 1. The van der Waals surface area contributed by atoms with Crippen molar-refractivity contribution in [3.8, 4) is 11.3 Å². The summed E-state index contributed by atoms with van der Waals surface area (Å²) < 4.78 is 0. The predicted octanol–water partition coefficient (Wildman–Crippen LogP) is 1.60. The topological polar surface area (TPSA) is 80.5 Å². The highest BCUT2D eigenvalue weighted by atomic mass is 15.2. The molecular weight excluding hydrogens is 202 g/mol. The van der Waals surface area contributed by atoms with Crippen LogP contribution in [0.1, 0.15) is 0 Å². The zero-order valence-electron chi connectivity index (χ0n) is 8.38. The number of nitrogens with one attached hydrogen (secondary N) is 1. The number of nitrogens with zero attached hydrogens (tertiary/aromatic N) is 3. The van der Waals surface area contributed by atoms with E-state index in [1.807, 2.05) is 18.2 Å². The molecule has 2 heterocycles. The van der Waals surface area contributed by atoms with E-state index in [2.05, 4.69) is 20.2 Å². The Balaban J connectivity index is 2.31. The fourth-order valence-electron chi connectivity index (χ4n) is 1.69. The average Bonchev–Trinajstić information content (AvgIpc) is 2.75. The van der Waals surface area contributed by atoms with Gasteiger partial charge < -0.3 is 5.73 Å². The molecule has 3 rings (SSSR count). The number of aromatic nitrogens is 4. The van der Waals surface area contributed by atoms with Crippen LogP contribution < -0.4 is 5.73 Å². The second-order valence-electron chi connectivity index (χ2n) is 3.44. The van der Waals surface area contributed by atoms with Crippen molar-refractivity contribution in [3.05, 3.63) is 36.7 Å². The summed E-state index contributed by atoms with van der Waals surface area (Å²) in [5.74, 6) is 0.468. The Morgan fingerprint density at radius 1 is 1.12 bits per heavy atom. The molecule has 0 aliphatic carbocycles. The Hall–Kier alpha value is -2.43. The molecule has 0 spiro atoms. The van der Waals surface area contributed by atoms with Gasteiger partial charge in [-0.3, -0.25) is 15.1 Å². The molecule has 3 aromatic rings. The quantitative estimate of drug-likeness (QED) is 0.640. The third-order valence-electron chi connectivity index (χ3n) is 2.39. The Bertz CT molecular complexity index is 638. The summed E-state index contributed by atoms with van der Waals surface area (Å²) in [6, 6.07) is 7.60. The predicted molar refractivity (Wildman–Crippen MR) is 61.5 cm³/mol. The van der Waals surface area contributed by atoms with Crippen molar-refractivity contribution >= 4 is 16.9 Å². The van der Waals surface area contributed by atoms with Gasteiger partial charge in [-0.15, -0.1) is 0 Å². The van der Waals surface area contributed by atoms with Gasteiger partial charge in [-0.05, 0) is 6.07 Å². The lowest BCUT2D eigenvalue weighted by Gasteiger charge is -2.01. The van der Waals surface area contributed by atoms with Crippen LogP contribution in [0.3, 0.4) is 0 Å². The van der Waals surface area contributed by atoms with Crippen LogP contribution in [0.5, 0.6) is 0 Å². The van der Waals surface area contributed by atoms with Crippen LogP contribution in [-0.4, -0.2) is 20.2 Å². The van der Waals surface area contributed by atoms with E-state index in [1.54, 1.807) is 18.5 Å². The molecule has 0 atom stereocenters. The molecule has 78 valence electrons. The van der Waals surface area contributed by atoms with Crippen molar-refractivity contribution in [2.45, 2.75) is 0 Å². The highest BCUT2D eigenvalue weighted by Gasteiger charge is 2.07. The van der Waals surface area contributed by atoms with Crippen molar-refractivity contribution in [2.24, 2.45) is 0 Å². The van der Waals surface area contributed by atoms with Crippen molar-refractivity contribution in [3.63, 3.8) is 0 Å². The summed E-state index contributed by atoms with van der Waals surface area (Å²) in [6.45, 7) is 0. The van der Waals surface area contributed by atoms with E-state index in [1.165, 1.54) is 0 Å². The molecule has 0 aliphatic rings. The van der Waals surface area contributed by atoms with Crippen molar-refractivity contribution in [2.75, 3.05) is 5.73 Å². The Labute approximate surface area is 91.3 Å². The number of rotatable bonds is 1. The molecule has 16 heavy (non-hydrogen) atoms. The van der Waals surface area contributed by atoms with Crippen LogP contribution in [0.4, 0.5) is 5.82 Å². The van der Waals surface area contributed by atoms with Crippen molar-refractivity contribution < 1.29 is 0 Å². The van der Waals surface area contributed by atoms with Gasteiger partial charge in [0, 0.05) is 24.0 Å². The first-order valence-electron chi connectivity index (χ1n) is 4.85. The lowest BCUT2D eigenvalue weighted by Crippen LogP contribution is -1.86. The number of nitrogen functional groups attached to an aromatic ring is 1. The normalized spacial score (nSPS) is 10.8. The molecule has 0 bridgehead atoms. The maximum Gasteiger partial charge on any atom is 0.145 e. The first-order chi connectivity index (χ1) is 7.84. The van der Waals surface area contributed by atoms with E-state index in [4.69, 9.17) is 5.73 Å². The molecule has 0 radical (unpaired) electrons. The number of hydrogen-bond acceptors (Lipinski definition) is 4. The van der Waals surface area contributed by atoms with E-state index in [0.717, 1.165) is 22.3 Å². The van der Waals surface area contributed by atoms with Gasteiger partial charge in [-0.25, -0.2) is 0 Å². The Morgan fingerprint density at radius 3 is 2.81 bits per heavy atom. The van der Waals surface area contributed by atoms with Gasteiger partial charge in [-0.1, -0.05) is 12.1 Å². The first-order valence-corrected chi connectivity index (χ1v) is 4.85. The van der Waals surface area contributed by atoms with Gasteiger partial charge in [0.15, 0.2) is 0 Å². The minimum atomic E-state index is 0.468. The minimum absolute atomic E-state index is 0.468. The van der Waals surface area contributed by atoms with E-state index in [0.29, 0.717) is 5.82 Å². The molecule has 2 aromatic heterocycles. The monoisotopic (exact) mass is 211 g/mol. The summed E-state index contributed by atoms with van der Waals surface area (Å²) in [7, 11) is 0. The van der Waals surface area contributed by atoms with E-state index in [9.17, 15) is 0 Å². The molecule has 0 saturated carbocycles. The van der Waals surface area contributed by atoms with Gasteiger partial charge in [0.05, 0.1) is 16.7 Å². The molecule has 0 unspecified atom stereocenters. The zero-order chi connectivity index (χ0) is 11.0. The molecule has 0 amide bonds. The van der Waals surface area contributed by atoms with Crippen LogP contribution >= 0.6 is 0 Å². The highest BCUT2D eigenvalue weighted by molar-refractivity contribution is 5.90. The lowest BCUT2D eigenvalue weighted by molar-refractivity contribution is 1.10. The summed E-state index contributed by atoms with van der Waals surface area (Å²) in [6.07, 6.45) is 3.35. The second kappa shape index (κ2) is 3.30. The number of aromatic amines is 1. The third-order valence-corrected chi connectivity index (χ3v) is 2.39. The average molecular weight is 211 g/mol. The molecule has 5 nitrogen and oxygen atoms in total. The number of nitrogens with two attached hydrogens (primary N) is 1. The molecule has 5 heteroatoms. The molecule has 3 N–H and O–H groups in total. The van der Waals surface area contributed by atoms with Gasteiger partial charge in [0.1, 0.15) is 5.82 Å². The maximum atomic E-state index is 5.58. The van der Waals surface area contributed by atoms with Crippen LogP contribution in [0.25, 0.3) is 22.3 Å². The van der Waals surface area contributed by atoms with Gasteiger partial charge in [0.25, 0.3) is 0 Å². The molecule has 0 fully saturated rings. The maximum absolute atomic E-state index is 5.58. The number of H-pyrrole nitrogens is 1. The molecule has 0 saturated heterocycles. The molecular formula is C11H9N5. The Morgan fingerprint density at radius 2 is 2.00 bits per heavy atom. The first kappa shape index (κ1) is 8.84. The van der Waals surface area contributed by atoms with Gasteiger partial charge in [0.2, 0.25) is 0 Å². The SMILES string of the molecule is Nc1cc(-c2cccc3nccnc23)[nH]n1. The van der Waals surface area contributed by atoms with Crippen LogP contribution in [0, 0.1) is 0 Å². The van der Waals surface area contributed by atoms with Crippen molar-refractivity contribution in [1.82, 2.24) is 20.2 Å². The molecule has 0 aliphatic heterocycles. The largest absolute Gasteiger partial charge is 0.382 e. The third kappa shape index (κ3) is 1.30. The highest BCUT2D eigenvalue weighted by Crippen LogP contribution is 2.24. The van der Waals surface area contributed by atoms with Gasteiger partial charge in [-0.2, -0.15) is 5.10 Å². The van der Waals surface area contributed by atoms with Crippen molar-refractivity contribution in [1.29, 1.82) is 0 Å². The minimum Gasteiger partial charge on any atom is -0.382 e. The van der Waals surface area contributed by atoms with Crippen LogP contribution in [0.2, 0.25) is 0 Å². The molecule has 1 aromatic carbocycles. The van der Waals surface area contributed by atoms with E-state index in [-0.39, 0.29) is 0 Å².